The molecule has 158 valence electrons. The molecule has 0 aliphatic rings. The molecular weight excluding hydrogens is 414 g/mol. The van der Waals surface area contributed by atoms with Gasteiger partial charge in [-0.05, 0) is 50.5 Å². The number of hydrogen-bond acceptors (Lipinski definition) is 5. The van der Waals surface area contributed by atoms with Crippen LogP contribution in [0, 0.1) is 0 Å². The molecule has 0 amide bonds. The smallest absolute Gasteiger partial charge is 0.265 e. The molecule has 4 aromatic rings. The van der Waals surface area contributed by atoms with Gasteiger partial charge in [-0.3, -0.25) is 14.7 Å². The summed E-state index contributed by atoms with van der Waals surface area (Å²) in [5, 5.41) is 12.7. The van der Waals surface area contributed by atoms with Crippen molar-refractivity contribution in [3.8, 4) is 11.6 Å². The lowest BCUT2D eigenvalue weighted by atomic mass is 10.1. The molecule has 1 unspecified atom stereocenters. The average Bonchev–Trinajstić information content (AvgIpc) is 3.27. The SMILES string of the molecule is CN(C)C(CN=Cc1c(O)n(-c2cccc(Cl)c2)c(=O)c2ccccc12)c1ccco1. The zero-order chi connectivity index (χ0) is 22.0. The van der Waals surface area contributed by atoms with Gasteiger partial charge in [-0.1, -0.05) is 35.9 Å². The van der Waals surface area contributed by atoms with Crippen molar-refractivity contribution in [1.29, 1.82) is 0 Å². The zero-order valence-corrected chi connectivity index (χ0v) is 18.0. The van der Waals surface area contributed by atoms with Gasteiger partial charge < -0.3 is 9.52 Å². The molecule has 2 aromatic carbocycles. The molecule has 31 heavy (non-hydrogen) atoms. The maximum atomic E-state index is 13.1. The predicted octanol–water partition coefficient (Wildman–Crippen LogP) is 4.66. The molecular formula is C24H22ClN3O3. The summed E-state index contributed by atoms with van der Waals surface area (Å²) in [6.07, 6.45) is 3.24. The normalized spacial score (nSPS) is 12.8. The number of aromatic nitrogens is 1. The number of benzene rings is 2. The number of pyridine rings is 1. The molecule has 0 aliphatic heterocycles. The van der Waals surface area contributed by atoms with Crippen molar-refractivity contribution in [1.82, 2.24) is 9.47 Å². The minimum absolute atomic E-state index is 0.0570. The third-order valence-electron chi connectivity index (χ3n) is 5.16. The van der Waals surface area contributed by atoms with Crippen molar-refractivity contribution in [2.24, 2.45) is 4.99 Å². The highest BCUT2D eigenvalue weighted by Gasteiger charge is 2.18. The molecule has 2 aromatic heterocycles. The first-order chi connectivity index (χ1) is 15.0. The lowest BCUT2D eigenvalue weighted by Gasteiger charge is -2.20. The van der Waals surface area contributed by atoms with Crippen molar-refractivity contribution in [2.75, 3.05) is 20.6 Å². The Balaban J connectivity index is 1.82. The number of hydrogen-bond donors (Lipinski definition) is 1. The maximum absolute atomic E-state index is 13.1. The van der Waals surface area contributed by atoms with Crippen LogP contribution in [0.3, 0.4) is 0 Å². The topological polar surface area (TPSA) is 71.0 Å². The van der Waals surface area contributed by atoms with E-state index in [0.29, 0.717) is 33.6 Å². The lowest BCUT2D eigenvalue weighted by Crippen LogP contribution is -2.22. The van der Waals surface area contributed by atoms with Crippen LogP contribution >= 0.6 is 11.6 Å². The fraction of sp³-hybridized carbons (Fsp3) is 0.167. The van der Waals surface area contributed by atoms with E-state index < -0.39 is 0 Å². The van der Waals surface area contributed by atoms with Crippen molar-refractivity contribution < 1.29 is 9.52 Å². The van der Waals surface area contributed by atoms with E-state index in [1.54, 1.807) is 54.9 Å². The van der Waals surface area contributed by atoms with E-state index in [1.165, 1.54) is 4.57 Å². The summed E-state index contributed by atoms with van der Waals surface area (Å²) in [7, 11) is 3.91. The largest absolute Gasteiger partial charge is 0.494 e. The van der Waals surface area contributed by atoms with Gasteiger partial charge in [0.25, 0.3) is 5.56 Å². The fourth-order valence-electron chi connectivity index (χ4n) is 3.58. The van der Waals surface area contributed by atoms with E-state index in [2.05, 4.69) is 4.99 Å². The summed E-state index contributed by atoms with van der Waals surface area (Å²) in [6.45, 7) is 0.421. The second-order valence-corrected chi connectivity index (χ2v) is 7.83. The third-order valence-corrected chi connectivity index (χ3v) is 5.40. The van der Waals surface area contributed by atoms with Crippen LogP contribution in [0.25, 0.3) is 16.5 Å². The Labute approximate surface area is 184 Å². The molecule has 7 heteroatoms. The van der Waals surface area contributed by atoms with E-state index in [9.17, 15) is 9.90 Å². The van der Waals surface area contributed by atoms with Crippen LogP contribution in [-0.2, 0) is 0 Å². The average molecular weight is 436 g/mol. The summed E-state index contributed by atoms with van der Waals surface area (Å²) < 4.78 is 6.79. The van der Waals surface area contributed by atoms with E-state index in [1.807, 2.05) is 37.2 Å². The second kappa shape index (κ2) is 8.79. The molecule has 0 radical (unpaired) electrons. The van der Waals surface area contributed by atoms with Crippen LogP contribution in [0.4, 0.5) is 0 Å². The van der Waals surface area contributed by atoms with Crippen molar-refractivity contribution >= 4 is 28.6 Å². The summed E-state index contributed by atoms with van der Waals surface area (Å²) in [5.74, 6) is 0.620. The number of furan rings is 1. The minimum Gasteiger partial charge on any atom is -0.494 e. The Kier molecular flexibility index (Phi) is 5.93. The van der Waals surface area contributed by atoms with Crippen LogP contribution in [0.5, 0.6) is 5.88 Å². The van der Waals surface area contributed by atoms with Crippen molar-refractivity contribution in [3.63, 3.8) is 0 Å². The molecule has 0 saturated heterocycles. The molecule has 6 nitrogen and oxygen atoms in total. The Morgan fingerprint density at radius 3 is 2.58 bits per heavy atom. The van der Waals surface area contributed by atoms with E-state index >= 15 is 0 Å². The quantitative estimate of drug-likeness (QED) is 0.447. The molecule has 1 atom stereocenters. The molecule has 0 fully saturated rings. The summed E-state index contributed by atoms with van der Waals surface area (Å²) in [5.41, 5.74) is 0.624. The molecule has 4 rings (SSSR count). The molecule has 1 N–H and O–H groups in total. The molecule has 0 saturated carbocycles. The number of nitrogens with zero attached hydrogens (tertiary/aromatic N) is 3. The van der Waals surface area contributed by atoms with Crippen LogP contribution in [0.2, 0.25) is 5.02 Å². The monoisotopic (exact) mass is 435 g/mol. The van der Waals surface area contributed by atoms with E-state index in [4.69, 9.17) is 16.0 Å². The van der Waals surface area contributed by atoms with Gasteiger partial charge >= 0.3 is 0 Å². The van der Waals surface area contributed by atoms with E-state index in [0.717, 1.165) is 5.76 Å². The van der Waals surface area contributed by atoms with Crippen LogP contribution in [0.1, 0.15) is 17.4 Å². The maximum Gasteiger partial charge on any atom is 0.265 e. The molecule has 0 bridgehead atoms. The highest BCUT2D eigenvalue weighted by Crippen LogP contribution is 2.27. The first-order valence-corrected chi connectivity index (χ1v) is 10.2. The fourth-order valence-corrected chi connectivity index (χ4v) is 3.76. The lowest BCUT2D eigenvalue weighted by molar-refractivity contribution is 0.265. The summed E-state index contributed by atoms with van der Waals surface area (Å²) in [4.78, 5) is 19.7. The number of halogens is 1. The summed E-state index contributed by atoms with van der Waals surface area (Å²) in [6, 6.07) is 17.7. The van der Waals surface area contributed by atoms with Gasteiger partial charge in [0, 0.05) is 22.0 Å². The summed E-state index contributed by atoms with van der Waals surface area (Å²) >= 11 is 6.12. The number of likely N-dealkylation sites (N-methyl/N-ethyl adjacent to an activating group) is 1. The first kappa shape index (κ1) is 20.9. The molecule has 0 spiro atoms. The Morgan fingerprint density at radius 2 is 1.90 bits per heavy atom. The third kappa shape index (κ3) is 4.13. The van der Waals surface area contributed by atoms with Crippen molar-refractivity contribution in [2.45, 2.75) is 6.04 Å². The first-order valence-electron chi connectivity index (χ1n) is 9.79. The molecule has 0 aliphatic carbocycles. The van der Waals surface area contributed by atoms with Crippen LogP contribution < -0.4 is 5.56 Å². The zero-order valence-electron chi connectivity index (χ0n) is 17.2. The van der Waals surface area contributed by atoms with Gasteiger partial charge in [0.15, 0.2) is 0 Å². The van der Waals surface area contributed by atoms with Gasteiger partial charge in [-0.25, -0.2) is 4.57 Å². The highest BCUT2D eigenvalue weighted by molar-refractivity contribution is 6.30. The number of aromatic hydroxyl groups is 1. The number of rotatable bonds is 6. The Morgan fingerprint density at radius 1 is 1.13 bits per heavy atom. The number of fused-ring (bicyclic) bond motifs is 1. The Bertz CT molecular complexity index is 1290. The van der Waals surface area contributed by atoms with Crippen LogP contribution in [-0.4, -0.2) is 41.4 Å². The highest BCUT2D eigenvalue weighted by atomic mass is 35.5. The second-order valence-electron chi connectivity index (χ2n) is 7.39. The van der Waals surface area contributed by atoms with Gasteiger partial charge in [0.1, 0.15) is 5.76 Å². The van der Waals surface area contributed by atoms with E-state index in [-0.39, 0.29) is 17.5 Å². The van der Waals surface area contributed by atoms with Gasteiger partial charge in [-0.2, -0.15) is 0 Å². The van der Waals surface area contributed by atoms with Gasteiger partial charge in [0.05, 0.1) is 30.1 Å². The molecule has 2 heterocycles. The van der Waals surface area contributed by atoms with Crippen LogP contribution in [0.15, 0.2) is 81.1 Å². The standard InChI is InChI=1S/C24H22ClN3O3/c1-27(2)21(22-11-6-12-31-22)15-26-14-20-18-9-3-4-10-19(18)23(29)28(24(20)30)17-8-5-7-16(25)13-17/h3-14,21,30H,15H2,1-2H3. The predicted molar refractivity (Wildman–Crippen MR) is 124 cm³/mol. The number of aliphatic imine (C=N–C) groups is 1. The van der Waals surface area contributed by atoms with Gasteiger partial charge in [0.2, 0.25) is 5.88 Å². The Hall–Kier alpha value is -3.35. The minimum atomic E-state index is -0.325. The van der Waals surface area contributed by atoms with Gasteiger partial charge in [-0.15, -0.1) is 0 Å². The van der Waals surface area contributed by atoms with Crippen molar-refractivity contribution in [3.05, 3.63) is 93.6 Å².